The maximum absolute atomic E-state index is 11.5. The SMILES string of the molecule is Cc1cccc(C=NC(=O)OCc2ccccc2)c1. The van der Waals surface area contributed by atoms with Crippen LogP contribution in [0.1, 0.15) is 16.7 Å². The minimum Gasteiger partial charge on any atom is -0.443 e. The first-order valence-corrected chi connectivity index (χ1v) is 6.05. The Labute approximate surface area is 112 Å². The number of carbonyl (C=O) groups is 1. The topological polar surface area (TPSA) is 38.7 Å². The number of benzene rings is 2. The van der Waals surface area contributed by atoms with Gasteiger partial charge in [-0.2, -0.15) is 4.99 Å². The molecule has 0 aliphatic rings. The fourth-order valence-corrected chi connectivity index (χ4v) is 1.63. The number of aliphatic imine (C=N–C) groups is 1. The molecule has 0 aliphatic carbocycles. The molecule has 3 heteroatoms. The average Bonchev–Trinajstić information content (AvgIpc) is 2.44. The van der Waals surface area contributed by atoms with Gasteiger partial charge in [-0.15, -0.1) is 0 Å². The molecule has 0 heterocycles. The lowest BCUT2D eigenvalue weighted by atomic mass is 10.2. The second-order valence-corrected chi connectivity index (χ2v) is 4.21. The Morgan fingerprint density at radius 3 is 2.68 bits per heavy atom. The second kappa shape index (κ2) is 6.50. The zero-order valence-corrected chi connectivity index (χ0v) is 10.7. The van der Waals surface area contributed by atoms with Gasteiger partial charge < -0.3 is 4.74 Å². The van der Waals surface area contributed by atoms with Gasteiger partial charge in [0.15, 0.2) is 0 Å². The molecular weight excluding hydrogens is 238 g/mol. The molecule has 0 radical (unpaired) electrons. The van der Waals surface area contributed by atoms with Gasteiger partial charge in [0.1, 0.15) is 6.61 Å². The Morgan fingerprint density at radius 1 is 1.16 bits per heavy atom. The van der Waals surface area contributed by atoms with Gasteiger partial charge in [-0.25, -0.2) is 4.79 Å². The van der Waals surface area contributed by atoms with E-state index in [4.69, 9.17) is 4.74 Å². The van der Waals surface area contributed by atoms with E-state index in [9.17, 15) is 4.79 Å². The lowest BCUT2D eigenvalue weighted by Crippen LogP contribution is -1.99. The van der Waals surface area contributed by atoms with Crippen molar-refractivity contribution in [2.45, 2.75) is 13.5 Å². The van der Waals surface area contributed by atoms with Crippen molar-refractivity contribution in [2.24, 2.45) is 4.99 Å². The van der Waals surface area contributed by atoms with E-state index in [0.29, 0.717) is 0 Å². The van der Waals surface area contributed by atoms with Crippen LogP contribution in [0.4, 0.5) is 4.79 Å². The van der Waals surface area contributed by atoms with E-state index >= 15 is 0 Å². The quantitative estimate of drug-likeness (QED) is 0.781. The van der Waals surface area contributed by atoms with Gasteiger partial charge in [-0.3, -0.25) is 0 Å². The minimum absolute atomic E-state index is 0.241. The molecule has 0 aliphatic heterocycles. The molecule has 0 bridgehead atoms. The monoisotopic (exact) mass is 253 g/mol. The van der Waals surface area contributed by atoms with E-state index < -0.39 is 6.09 Å². The smallest absolute Gasteiger partial charge is 0.433 e. The van der Waals surface area contributed by atoms with Crippen molar-refractivity contribution in [3.63, 3.8) is 0 Å². The summed E-state index contributed by atoms with van der Waals surface area (Å²) >= 11 is 0. The summed E-state index contributed by atoms with van der Waals surface area (Å²) in [5.41, 5.74) is 2.96. The van der Waals surface area contributed by atoms with Crippen molar-refractivity contribution in [3.8, 4) is 0 Å². The van der Waals surface area contributed by atoms with Crippen LogP contribution in [0.3, 0.4) is 0 Å². The van der Waals surface area contributed by atoms with Gasteiger partial charge in [-0.05, 0) is 18.1 Å². The standard InChI is InChI=1S/C16H15NO2/c1-13-6-5-9-15(10-13)11-17-16(18)19-12-14-7-3-2-4-8-14/h2-11H,12H2,1H3. The zero-order chi connectivity index (χ0) is 13.5. The molecule has 0 unspecified atom stereocenters. The van der Waals surface area contributed by atoms with Gasteiger partial charge in [0.05, 0.1) is 0 Å². The van der Waals surface area contributed by atoms with Crippen LogP contribution in [0.15, 0.2) is 59.6 Å². The van der Waals surface area contributed by atoms with Crippen molar-refractivity contribution < 1.29 is 9.53 Å². The third kappa shape index (κ3) is 4.39. The van der Waals surface area contributed by atoms with Crippen LogP contribution in [0, 0.1) is 6.92 Å². The van der Waals surface area contributed by atoms with Gasteiger partial charge in [-0.1, -0.05) is 60.2 Å². The largest absolute Gasteiger partial charge is 0.443 e. The summed E-state index contributed by atoms with van der Waals surface area (Å²) in [4.78, 5) is 15.2. The summed E-state index contributed by atoms with van der Waals surface area (Å²) in [6.07, 6.45) is 0.936. The van der Waals surface area contributed by atoms with E-state index in [0.717, 1.165) is 16.7 Å². The van der Waals surface area contributed by atoms with Crippen LogP contribution in [0.2, 0.25) is 0 Å². The number of amides is 1. The Morgan fingerprint density at radius 2 is 1.95 bits per heavy atom. The van der Waals surface area contributed by atoms with Crippen LogP contribution in [-0.4, -0.2) is 12.3 Å². The molecule has 2 aromatic rings. The Hall–Kier alpha value is -2.42. The van der Waals surface area contributed by atoms with Crippen LogP contribution in [0.25, 0.3) is 0 Å². The summed E-state index contributed by atoms with van der Waals surface area (Å²) < 4.78 is 5.04. The normalized spacial score (nSPS) is 10.6. The van der Waals surface area contributed by atoms with E-state index in [1.165, 1.54) is 6.21 Å². The molecule has 96 valence electrons. The summed E-state index contributed by atoms with van der Waals surface area (Å²) in [6.45, 7) is 2.23. The molecule has 0 spiro atoms. The number of rotatable bonds is 3. The summed E-state index contributed by atoms with van der Waals surface area (Å²) in [6, 6.07) is 17.3. The van der Waals surface area contributed by atoms with Crippen molar-refractivity contribution in [3.05, 3.63) is 71.3 Å². The Kier molecular flexibility index (Phi) is 4.45. The molecule has 0 atom stereocenters. The van der Waals surface area contributed by atoms with Crippen LogP contribution in [0.5, 0.6) is 0 Å². The molecule has 0 saturated heterocycles. The maximum Gasteiger partial charge on any atom is 0.433 e. The molecular formula is C16H15NO2. The van der Waals surface area contributed by atoms with Crippen molar-refractivity contribution >= 4 is 12.3 Å². The van der Waals surface area contributed by atoms with E-state index in [1.807, 2.05) is 61.5 Å². The predicted molar refractivity (Wildman–Crippen MR) is 75.4 cm³/mol. The van der Waals surface area contributed by atoms with Gasteiger partial charge in [0, 0.05) is 6.21 Å². The Balaban J connectivity index is 1.88. The first-order valence-electron chi connectivity index (χ1n) is 6.05. The van der Waals surface area contributed by atoms with Crippen molar-refractivity contribution in [2.75, 3.05) is 0 Å². The van der Waals surface area contributed by atoms with E-state index in [1.54, 1.807) is 0 Å². The number of hydrogen-bond donors (Lipinski definition) is 0. The highest BCUT2D eigenvalue weighted by atomic mass is 16.5. The van der Waals surface area contributed by atoms with Gasteiger partial charge in [0.25, 0.3) is 0 Å². The van der Waals surface area contributed by atoms with E-state index in [-0.39, 0.29) is 6.61 Å². The first-order chi connectivity index (χ1) is 9.24. The fourth-order valence-electron chi connectivity index (χ4n) is 1.63. The number of nitrogens with zero attached hydrogens (tertiary/aromatic N) is 1. The molecule has 2 rings (SSSR count). The average molecular weight is 253 g/mol. The third-order valence-electron chi connectivity index (χ3n) is 2.57. The number of carbonyl (C=O) groups excluding carboxylic acids is 1. The lowest BCUT2D eigenvalue weighted by Gasteiger charge is -2.00. The molecule has 1 amide bonds. The Bertz CT molecular complexity index is 576. The third-order valence-corrected chi connectivity index (χ3v) is 2.57. The highest BCUT2D eigenvalue weighted by Crippen LogP contribution is 2.03. The number of hydrogen-bond acceptors (Lipinski definition) is 2. The first kappa shape index (κ1) is 13.0. The van der Waals surface area contributed by atoms with Gasteiger partial charge >= 0.3 is 6.09 Å². The molecule has 0 aromatic heterocycles. The molecule has 19 heavy (non-hydrogen) atoms. The summed E-state index contributed by atoms with van der Waals surface area (Å²) in [7, 11) is 0. The fraction of sp³-hybridized carbons (Fsp3) is 0.125. The predicted octanol–water partition coefficient (Wildman–Crippen LogP) is 3.75. The highest BCUT2D eigenvalue weighted by molar-refractivity contribution is 5.88. The van der Waals surface area contributed by atoms with Crippen LogP contribution < -0.4 is 0 Å². The number of aryl methyl sites for hydroxylation is 1. The summed E-state index contributed by atoms with van der Waals surface area (Å²) in [5.74, 6) is 0. The molecule has 0 N–H and O–H groups in total. The highest BCUT2D eigenvalue weighted by Gasteiger charge is 1.99. The van der Waals surface area contributed by atoms with Crippen LogP contribution >= 0.6 is 0 Å². The molecule has 0 saturated carbocycles. The molecule has 2 aromatic carbocycles. The molecule has 0 fully saturated rings. The lowest BCUT2D eigenvalue weighted by molar-refractivity contribution is 0.151. The van der Waals surface area contributed by atoms with E-state index in [2.05, 4.69) is 4.99 Å². The zero-order valence-electron chi connectivity index (χ0n) is 10.7. The van der Waals surface area contributed by atoms with Crippen molar-refractivity contribution in [1.29, 1.82) is 0 Å². The molecule has 3 nitrogen and oxygen atoms in total. The summed E-state index contributed by atoms with van der Waals surface area (Å²) in [5, 5.41) is 0. The van der Waals surface area contributed by atoms with Crippen molar-refractivity contribution in [1.82, 2.24) is 0 Å². The maximum atomic E-state index is 11.5. The van der Waals surface area contributed by atoms with Crippen LogP contribution in [-0.2, 0) is 11.3 Å². The van der Waals surface area contributed by atoms with Gasteiger partial charge in [0.2, 0.25) is 0 Å². The minimum atomic E-state index is -0.578. The second-order valence-electron chi connectivity index (χ2n) is 4.21. The number of ether oxygens (including phenoxy) is 1.